The fourth-order valence-electron chi connectivity index (χ4n) is 7.71. The molecule has 1 heteroatoms. The van der Waals surface area contributed by atoms with E-state index in [1.165, 1.54) is 95.0 Å². The molecule has 1 fully saturated rings. The van der Waals surface area contributed by atoms with E-state index in [0.717, 1.165) is 35.8 Å². The topological polar surface area (TPSA) is 3.24 Å². The maximum Gasteiger partial charge on any atom is 0.0462 e. The average molecular weight is 718 g/mol. The van der Waals surface area contributed by atoms with Crippen molar-refractivity contribution >= 4 is 53.5 Å². The Bertz CT molecular complexity index is 2040. The molecular formula is C54H55N. The molecule has 1 nitrogen and oxygen atoms in total. The molecule has 276 valence electrons. The van der Waals surface area contributed by atoms with Gasteiger partial charge in [0.05, 0.1) is 0 Å². The fraction of sp³-hybridized carbons (Fsp3) is 0.222. The standard InChI is InChI=1S/C54H55N/c1-3-8-42-12-16-44(17-13-42)20-23-47-28-36-52(37-29-47)55(53-38-30-48(31-39-53)24-21-45-18-14-43(9-4-2)15-19-45)54-40-32-49(33-41-54)25-22-46-26-34-51(35-27-46)50-10-6-5-7-11-50/h12-41,50H,3-11H2,1-2H3/b23-20+,24-21+,25-22+. The van der Waals surface area contributed by atoms with Crippen LogP contribution in [0.4, 0.5) is 17.1 Å². The molecule has 7 rings (SSSR count). The van der Waals surface area contributed by atoms with E-state index >= 15 is 0 Å². The van der Waals surface area contributed by atoms with Crippen molar-refractivity contribution in [1.29, 1.82) is 0 Å². The molecule has 0 aliphatic heterocycles. The van der Waals surface area contributed by atoms with Gasteiger partial charge in [0.25, 0.3) is 0 Å². The van der Waals surface area contributed by atoms with Gasteiger partial charge in [-0.2, -0.15) is 0 Å². The highest BCUT2D eigenvalue weighted by molar-refractivity contribution is 5.80. The lowest BCUT2D eigenvalue weighted by atomic mass is 9.84. The zero-order valence-corrected chi connectivity index (χ0v) is 32.7. The maximum absolute atomic E-state index is 2.34. The molecule has 0 spiro atoms. The SMILES string of the molecule is CCCc1ccc(/C=C/c2ccc(N(c3ccc(/C=C/c4ccc(CCC)cc4)cc3)c3ccc(/C=C/c4ccc(C5CCCCC5)cc4)cc3)cc2)cc1. The molecule has 6 aromatic carbocycles. The van der Waals surface area contributed by atoms with Crippen LogP contribution in [0.3, 0.4) is 0 Å². The first kappa shape index (κ1) is 37.6. The van der Waals surface area contributed by atoms with Crippen LogP contribution >= 0.6 is 0 Å². The molecule has 6 aromatic rings. The van der Waals surface area contributed by atoms with E-state index in [-0.39, 0.29) is 0 Å². The van der Waals surface area contributed by atoms with Crippen molar-refractivity contribution in [2.24, 2.45) is 0 Å². The molecular weight excluding hydrogens is 663 g/mol. The Balaban J connectivity index is 1.10. The quantitative estimate of drug-likeness (QED) is 0.101. The highest BCUT2D eigenvalue weighted by atomic mass is 15.1. The Labute approximate surface area is 330 Å². The summed E-state index contributed by atoms with van der Waals surface area (Å²) in [4.78, 5) is 2.34. The van der Waals surface area contributed by atoms with Gasteiger partial charge >= 0.3 is 0 Å². The Morgan fingerprint density at radius 2 is 0.673 bits per heavy atom. The van der Waals surface area contributed by atoms with Crippen molar-refractivity contribution in [2.75, 3.05) is 4.90 Å². The van der Waals surface area contributed by atoms with Gasteiger partial charge in [-0.3, -0.25) is 0 Å². The Hall–Kier alpha value is -5.66. The van der Waals surface area contributed by atoms with Crippen molar-refractivity contribution in [3.8, 4) is 0 Å². The van der Waals surface area contributed by atoms with E-state index in [1.807, 2.05) is 0 Å². The summed E-state index contributed by atoms with van der Waals surface area (Å²) in [5, 5.41) is 0. The lowest BCUT2D eigenvalue weighted by Crippen LogP contribution is -2.09. The van der Waals surface area contributed by atoms with Gasteiger partial charge in [-0.1, -0.05) is 192 Å². The van der Waals surface area contributed by atoms with Gasteiger partial charge in [0.15, 0.2) is 0 Å². The van der Waals surface area contributed by atoms with E-state index in [9.17, 15) is 0 Å². The molecule has 0 atom stereocenters. The highest BCUT2D eigenvalue weighted by Gasteiger charge is 2.15. The smallest absolute Gasteiger partial charge is 0.0462 e. The molecule has 0 aromatic heterocycles. The van der Waals surface area contributed by atoms with Crippen LogP contribution in [-0.2, 0) is 12.8 Å². The van der Waals surface area contributed by atoms with Crippen molar-refractivity contribution < 1.29 is 0 Å². The lowest BCUT2D eigenvalue weighted by molar-refractivity contribution is 0.443. The molecule has 0 N–H and O–H groups in total. The summed E-state index contributed by atoms with van der Waals surface area (Å²) in [7, 11) is 0. The predicted octanol–water partition coefficient (Wildman–Crippen LogP) is 15.6. The summed E-state index contributed by atoms with van der Waals surface area (Å²) < 4.78 is 0. The maximum atomic E-state index is 2.34. The van der Waals surface area contributed by atoms with Gasteiger partial charge in [-0.15, -0.1) is 0 Å². The summed E-state index contributed by atoms with van der Waals surface area (Å²) in [6.07, 6.45) is 24.7. The predicted molar refractivity (Wildman–Crippen MR) is 241 cm³/mol. The van der Waals surface area contributed by atoms with Crippen molar-refractivity contribution in [3.63, 3.8) is 0 Å². The van der Waals surface area contributed by atoms with Crippen LogP contribution in [0, 0.1) is 0 Å². The molecule has 0 radical (unpaired) electrons. The second-order valence-corrected chi connectivity index (χ2v) is 15.1. The van der Waals surface area contributed by atoms with Gasteiger partial charge in [-0.05, 0) is 118 Å². The molecule has 0 unspecified atom stereocenters. The van der Waals surface area contributed by atoms with Crippen LogP contribution < -0.4 is 4.90 Å². The molecule has 0 amide bonds. The summed E-state index contributed by atoms with van der Waals surface area (Å²) in [5.41, 5.74) is 14.9. The van der Waals surface area contributed by atoms with Crippen molar-refractivity contribution in [2.45, 2.75) is 77.6 Å². The second kappa shape index (κ2) is 19.1. The molecule has 0 bridgehead atoms. The van der Waals surface area contributed by atoms with Crippen LogP contribution in [0.25, 0.3) is 36.5 Å². The van der Waals surface area contributed by atoms with Gasteiger partial charge < -0.3 is 4.90 Å². The highest BCUT2D eigenvalue weighted by Crippen LogP contribution is 2.36. The number of hydrogen-bond donors (Lipinski definition) is 0. The summed E-state index contributed by atoms with van der Waals surface area (Å²) >= 11 is 0. The normalized spacial score (nSPS) is 13.6. The van der Waals surface area contributed by atoms with Crippen LogP contribution in [-0.4, -0.2) is 0 Å². The third-order valence-corrected chi connectivity index (χ3v) is 10.9. The number of hydrogen-bond acceptors (Lipinski definition) is 1. The second-order valence-electron chi connectivity index (χ2n) is 15.1. The molecule has 0 heterocycles. The van der Waals surface area contributed by atoms with Crippen molar-refractivity contribution in [3.05, 3.63) is 196 Å². The minimum atomic E-state index is 0.740. The third-order valence-electron chi connectivity index (χ3n) is 10.9. The van der Waals surface area contributed by atoms with Gasteiger partial charge in [0.2, 0.25) is 0 Å². The zero-order valence-electron chi connectivity index (χ0n) is 32.7. The largest absolute Gasteiger partial charge is 0.311 e. The van der Waals surface area contributed by atoms with E-state index in [4.69, 9.17) is 0 Å². The summed E-state index contributed by atoms with van der Waals surface area (Å²) in [5.74, 6) is 0.740. The molecule has 1 aliphatic rings. The third kappa shape index (κ3) is 10.5. The van der Waals surface area contributed by atoms with Crippen molar-refractivity contribution in [1.82, 2.24) is 0 Å². The monoisotopic (exact) mass is 717 g/mol. The summed E-state index contributed by atoms with van der Waals surface area (Å²) in [6, 6.07) is 53.7. The van der Waals surface area contributed by atoms with Crippen LogP contribution in [0.5, 0.6) is 0 Å². The zero-order chi connectivity index (χ0) is 37.7. The first-order valence-electron chi connectivity index (χ1n) is 20.6. The van der Waals surface area contributed by atoms with Crippen LogP contribution in [0.15, 0.2) is 146 Å². The fourth-order valence-corrected chi connectivity index (χ4v) is 7.71. The van der Waals surface area contributed by atoms with E-state index in [2.05, 4.69) is 201 Å². The lowest BCUT2D eigenvalue weighted by Gasteiger charge is -2.26. The molecule has 55 heavy (non-hydrogen) atoms. The number of rotatable bonds is 14. The Morgan fingerprint density at radius 3 is 0.982 bits per heavy atom. The minimum absolute atomic E-state index is 0.740. The number of nitrogens with zero attached hydrogens (tertiary/aromatic N) is 1. The minimum Gasteiger partial charge on any atom is -0.311 e. The first-order chi connectivity index (χ1) is 27.1. The number of aryl methyl sites for hydroxylation is 2. The number of anilines is 3. The van der Waals surface area contributed by atoms with E-state index in [1.54, 1.807) is 0 Å². The molecule has 0 saturated heterocycles. The van der Waals surface area contributed by atoms with Gasteiger partial charge in [-0.25, -0.2) is 0 Å². The van der Waals surface area contributed by atoms with Gasteiger partial charge in [0.1, 0.15) is 0 Å². The average Bonchev–Trinajstić information content (AvgIpc) is 3.25. The Kier molecular flexibility index (Phi) is 13.1. The van der Waals surface area contributed by atoms with E-state index in [0.29, 0.717) is 0 Å². The van der Waals surface area contributed by atoms with Gasteiger partial charge in [0, 0.05) is 17.1 Å². The number of benzene rings is 6. The molecule has 1 aliphatic carbocycles. The van der Waals surface area contributed by atoms with Crippen LogP contribution in [0.1, 0.15) is 115 Å². The Morgan fingerprint density at radius 1 is 0.382 bits per heavy atom. The van der Waals surface area contributed by atoms with Crippen LogP contribution in [0.2, 0.25) is 0 Å². The van der Waals surface area contributed by atoms with E-state index < -0.39 is 0 Å². The summed E-state index contributed by atoms with van der Waals surface area (Å²) in [6.45, 7) is 4.45. The first-order valence-corrected chi connectivity index (χ1v) is 20.6. The molecule has 1 saturated carbocycles.